The highest BCUT2D eigenvalue weighted by Gasteiger charge is 2.22. The number of benzene rings is 2. The second-order valence-electron chi connectivity index (χ2n) is 6.83. The van der Waals surface area contributed by atoms with Crippen LogP contribution in [-0.2, 0) is 19.4 Å². The van der Waals surface area contributed by atoms with Gasteiger partial charge in [0, 0.05) is 6.54 Å². The molecular weight excluding hydrogens is 326 g/mol. The highest BCUT2D eigenvalue weighted by Crippen LogP contribution is 2.36. The van der Waals surface area contributed by atoms with Crippen LogP contribution in [0.3, 0.4) is 0 Å². The van der Waals surface area contributed by atoms with Crippen LogP contribution in [0, 0.1) is 5.92 Å². The predicted molar refractivity (Wildman–Crippen MR) is 122 cm³/mol. The van der Waals surface area contributed by atoms with Crippen molar-refractivity contribution in [2.45, 2.75) is 74.3 Å². The highest BCUT2D eigenvalue weighted by molar-refractivity contribution is 5.68. The highest BCUT2D eigenvalue weighted by atomic mass is 14.5. The van der Waals surface area contributed by atoms with E-state index in [-0.39, 0.29) is 0 Å². The van der Waals surface area contributed by atoms with Crippen LogP contribution >= 0.6 is 0 Å². The molecule has 0 fully saturated rings. The molecule has 0 aromatic heterocycles. The largest absolute Gasteiger partial charge is 0.326 e. The van der Waals surface area contributed by atoms with Gasteiger partial charge in [-0.15, -0.1) is 0 Å². The van der Waals surface area contributed by atoms with E-state index < -0.39 is 0 Å². The molecule has 3 rings (SSSR count). The number of allylic oxidation sites excluding steroid dienone is 2. The molecule has 2 N–H and O–H groups in total. The van der Waals surface area contributed by atoms with E-state index in [1.54, 1.807) is 11.1 Å². The average molecular weight is 366 g/mol. The summed E-state index contributed by atoms with van der Waals surface area (Å²) in [6.07, 6.45) is 3.35. The summed E-state index contributed by atoms with van der Waals surface area (Å²) >= 11 is 0. The van der Waals surface area contributed by atoms with Crippen LogP contribution in [0.25, 0.3) is 11.1 Å². The molecule has 2 aromatic rings. The molecule has 0 saturated carbocycles. The molecule has 148 valence electrons. The first kappa shape index (κ1) is 23.2. The summed E-state index contributed by atoms with van der Waals surface area (Å²) in [5, 5.41) is 0. The summed E-state index contributed by atoms with van der Waals surface area (Å²) in [4.78, 5) is 0. The van der Waals surface area contributed by atoms with Crippen molar-refractivity contribution < 1.29 is 0 Å². The number of nitrogens with two attached hydrogens (primary N) is 1. The fourth-order valence-corrected chi connectivity index (χ4v) is 3.96. The van der Waals surface area contributed by atoms with Crippen LogP contribution < -0.4 is 5.73 Å². The number of fused-ring (bicyclic) bond motifs is 1. The standard InChI is InChI=1S/C22H27N.2C2H6/c1-4-21(15(2)3)19-12-18-10-17(16-8-6-5-7-9-16)11-20(14-23)22(18)13-19;2*1-2/h5-11,15H,4,12-14,23H2,1-3H3;2*1-2H3/b21-19+;;. The molecule has 0 amide bonds. The Kier molecular flexibility index (Phi) is 10.1. The van der Waals surface area contributed by atoms with Crippen molar-refractivity contribution in [1.82, 2.24) is 0 Å². The first-order valence-electron chi connectivity index (χ1n) is 10.7. The van der Waals surface area contributed by atoms with E-state index in [1.165, 1.54) is 27.8 Å². The smallest absolute Gasteiger partial charge is 0.0181 e. The van der Waals surface area contributed by atoms with Crippen LogP contribution in [-0.4, -0.2) is 0 Å². The zero-order valence-corrected chi connectivity index (χ0v) is 18.5. The minimum absolute atomic E-state index is 0.624. The van der Waals surface area contributed by atoms with Crippen LogP contribution in [0.5, 0.6) is 0 Å². The van der Waals surface area contributed by atoms with E-state index >= 15 is 0 Å². The van der Waals surface area contributed by atoms with Gasteiger partial charge >= 0.3 is 0 Å². The van der Waals surface area contributed by atoms with Gasteiger partial charge in [-0.05, 0) is 59.1 Å². The van der Waals surface area contributed by atoms with E-state index in [0.29, 0.717) is 12.5 Å². The van der Waals surface area contributed by atoms with Gasteiger partial charge in [0.1, 0.15) is 0 Å². The summed E-state index contributed by atoms with van der Waals surface area (Å²) < 4.78 is 0. The monoisotopic (exact) mass is 365 g/mol. The Morgan fingerprint density at radius 2 is 1.56 bits per heavy atom. The van der Waals surface area contributed by atoms with Gasteiger partial charge in [-0.3, -0.25) is 0 Å². The fourth-order valence-electron chi connectivity index (χ4n) is 3.96. The molecule has 0 spiro atoms. The van der Waals surface area contributed by atoms with Gasteiger partial charge in [0.25, 0.3) is 0 Å². The first-order valence-corrected chi connectivity index (χ1v) is 10.7. The molecule has 1 aliphatic carbocycles. The Bertz CT molecular complexity index is 723. The van der Waals surface area contributed by atoms with Crippen LogP contribution in [0.15, 0.2) is 53.6 Å². The van der Waals surface area contributed by atoms with Gasteiger partial charge in [0.15, 0.2) is 0 Å². The Balaban J connectivity index is 0.000000855. The van der Waals surface area contributed by atoms with Gasteiger partial charge in [-0.25, -0.2) is 0 Å². The second-order valence-corrected chi connectivity index (χ2v) is 6.83. The number of rotatable bonds is 4. The molecule has 0 unspecified atom stereocenters. The van der Waals surface area contributed by atoms with Crippen molar-refractivity contribution in [3.63, 3.8) is 0 Å². The zero-order valence-electron chi connectivity index (χ0n) is 18.5. The third-order valence-electron chi connectivity index (χ3n) is 5.09. The summed E-state index contributed by atoms with van der Waals surface area (Å²) in [5.74, 6) is 0.638. The van der Waals surface area contributed by atoms with Gasteiger partial charge in [-0.1, -0.05) is 96.0 Å². The summed E-state index contributed by atoms with van der Waals surface area (Å²) in [6, 6.07) is 15.3. The van der Waals surface area contributed by atoms with Crippen molar-refractivity contribution >= 4 is 0 Å². The van der Waals surface area contributed by atoms with Crippen LogP contribution in [0.2, 0.25) is 0 Å². The Labute approximate surface area is 167 Å². The minimum Gasteiger partial charge on any atom is -0.326 e. The maximum absolute atomic E-state index is 6.07. The van der Waals surface area contributed by atoms with Gasteiger partial charge < -0.3 is 5.73 Å². The SMILES string of the molecule is CC.CC.CC/C(=C1/Cc2cc(-c3ccccc3)cc(CN)c2C1)C(C)C. The molecule has 27 heavy (non-hydrogen) atoms. The van der Waals surface area contributed by atoms with Crippen molar-refractivity contribution in [2.75, 3.05) is 0 Å². The molecule has 1 aliphatic rings. The zero-order chi connectivity index (χ0) is 20.4. The van der Waals surface area contributed by atoms with Gasteiger partial charge in [-0.2, -0.15) is 0 Å². The number of hydrogen-bond acceptors (Lipinski definition) is 1. The quantitative estimate of drug-likeness (QED) is 0.564. The topological polar surface area (TPSA) is 26.0 Å². The normalized spacial score (nSPS) is 14.0. The minimum atomic E-state index is 0.624. The van der Waals surface area contributed by atoms with E-state index in [4.69, 9.17) is 5.73 Å². The predicted octanol–water partition coefficient (Wildman–Crippen LogP) is 7.33. The summed E-state index contributed by atoms with van der Waals surface area (Å²) in [7, 11) is 0. The molecule has 0 aliphatic heterocycles. The third-order valence-corrected chi connectivity index (χ3v) is 5.09. The van der Waals surface area contributed by atoms with E-state index in [9.17, 15) is 0 Å². The second kappa shape index (κ2) is 11.8. The molecule has 2 aromatic carbocycles. The Morgan fingerprint density at radius 3 is 2.07 bits per heavy atom. The third kappa shape index (κ3) is 5.56. The fraction of sp³-hybridized carbons (Fsp3) is 0.462. The van der Waals surface area contributed by atoms with Gasteiger partial charge in [0.05, 0.1) is 0 Å². The van der Waals surface area contributed by atoms with E-state index in [0.717, 1.165) is 19.3 Å². The van der Waals surface area contributed by atoms with Crippen molar-refractivity contribution in [2.24, 2.45) is 11.7 Å². The molecule has 0 heterocycles. The van der Waals surface area contributed by atoms with Crippen LogP contribution in [0.4, 0.5) is 0 Å². The lowest BCUT2D eigenvalue weighted by atomic mass is 9.93. The molecule has 0 atom stereocenters. The lowest BCUT2D eigenvalue weighted by Crippen LogP contribution is -2.02. The maximum Gasteiger partial charge on any atom is 0.0181 e. The van der Waals surface area contributed by atoms with Crippen molar-refractivity contribution in [3.05, 3.63) is 70.3 Å². The molecule has 1 nitrogen and oxygen atoms in total. The Morgan fingerprint density at radius 1 is 0.926 bits per heavy atom. The van der Waals surface area contributed by atoms with Crippen molar-refractivity contribution in [3.8, 4) is 11.1 Å². The molecular formula is C26H39N. The van der Waals surface area contributed by atoms with Gasteiger partial charge in [0.2, 0.25) is 0 Å². The molecule has 0 saturated heterocycles. The number of hydrogen-bond donors (Lipinski definition) is 1. The average Bonchev–Trinajstić information content (AvgIpc) is 3.14. The maximum atomic E-state index is 6.07. The first-order chi connectivity index (χ1) is 13.1. The lowest BCUT2D eigenvalue weighted by molar-refractivity contribution is 0.711. The Hall–Kier alpha value is -1.86. The lowest BCUT2D eigenvalue weighted by Gasteiger charge is -2.13. The summed E-state index contributed by atoms with van der Waals surface area (Å²) in [6.45, 7) is 15.5. The molecule has 0 bridgehead atoms. The summed E-state index contributed by atoms with van der Waals surface area (Å²) in [5.41, 5.74) is 16.2. The molecule has 0 radical (unpaired) electrons. The van der Waals surface area contributed by atoms with Crippen molar-refractivity contribution in [1.29, 1.82) is 0 Å². The molecule has 1 heteroatoms. The van der Waals surface area contributed by atoms with Crippen LogP contribution in [0.1, 0.15) is 71.6 Å². The van der Waals surface area contributed by atoms with E-state index in [1.807, 2.05) is 27.7 Å². The van der Waals surface area contributed by atoms with E-state index in [2.05, 4.69) is 63.2 Å².